The van der Waals surface area contributed by atoms with Gasteiger partial charge in [0.2, 0.25) is 0 Å². The van der Waals surface area contributed by atoms with Crippen molar-refractivity contribution in [3.63, 3.8) is 0 Å². The van der Waals surface area contributed by atoms with Crippen LogP contribution >= 0.6 is 11.8 Å². The van der Waals surface area contributed by atoms with Gasteiger partial charge in [-0.2, -0.15) is 0 Å². The second-order valence-electron chi connectivity index (χ2n) is 14.5. The number of thioether (sulfide) groups is 1. The molecule has 14 heteroatoms. The summed E-state index contributed by atoms with van der Waals surface area (Å²) in [4.78, 5) is 55.2. The monoisotopic (exact) mass is 826 g/mol. The van der Waals surface area contributed by atoms with Crippen LogP contribution in [0.3, 0.4) is 0 Å². The molecule has 0 spiro atoms. The van der Waals surface area contributed by atoms with Gasteiger partial charge in [-0.15, -0.1) is 11.8 Å². The molecule has 3 saturated heterocycles. The Hall–Kier alpha value is -5.09. The number of hydrogen-bond acceptors (Lipinski definition) is 14. The first-order valence-corrected chi connectivity index (χ1v) is 20.5. The Balaban J connectivity index is 1.30. The van der Waals surface area contributed by atoms with E-state index in [1.165, 1.54) is 0 Å². The van der Waals surface area contributed by atoms with Crippen LogP contribution < -0.4 is 0 Å². The molecule has 10 atom stereocenters. The van der Waals surface area contributed by atoms with E-state index in [9.17, 15) is 19.2 Å². The van der Waals surface area contributed by atoms with Gasteiger partial charge in [-0.05, 0) is 75.1 Å². The summed E-state index contributed by atoms with van der Waals surface area (Å²) in [5.74, 6) is -3.36. The zero-order chi connectivity index (χ0) is 41.5. The summed E-state index contributed by atoms with van der Waals surface area (Å²) in [6.45, 7) is 6.93. The van der Waals surface area contributed by atoms with Crippen molar-refractivity contribution in [2.24, 2.45) is 0 Å². The van der Waals surface area contributed by atoms with Crippen LogP contribution in [-0.2, 0) is 42.6 Å². The van der Waals surface area contributed by atoms with Crippen molar-refractivity contribution in [3.05, 3.63) is 144 Å². The van der Waals surface area contributed by atoms with Gasteiger partial charge in [-0.25, -0.2) is 19.2 Å². The van der Waals surface area contributed by atoms with Crippen LogP contribution in [-0.4, -0.2) is 103 Å². The highest BCUT2D eigenvalue weighted by atomic mass is 32.2. The zero-order valence-corrected chi connectivity index (χ0v) is 33.8. The van der Waals surface area contributed by atoms with E-state index in [1.54, 1.807) is 147 Å². The van der Waals surface area contributed by atoms with E-state index in [0.29, 0.717) is 0 Å². The van der Waals surface area contributed by atoms with Crippen molar-refractivity contribution in [2.75, 3.05) is 12.4 Å². The summed E-state index contributed by atoms with van der Waals surface area (Å²) in [6, 6.07) is 32.8. The van der Waals surface area contributed by atoms with Gasteiger partial charge in [0.25, 0.3) is 0 Å². The summed E-state index contributed by atoms with van der Waals surface area (Å²) in [6.07, 6.45) is -10.3. The highest BCUT2D eigenvalue weighted by molar-refractivity contribution is 7.99. The van der Waals surface area contributed by atoms with Crippen LogP contribution in [0.2, 0.25) is 0 Å². The first kappa shape index (κ1) is 42.0. The fourth-order valence-corrected chi connectivity index (χ4v) is 8.18. The van der Waals surface area contributed by atoms with Crippen LogP contribution in [0.15, 0.2) is 121 Å². The molecule has 4 aromatic carbocycles. The lowest BCUT2D eigenvalue weighted by atomic mass is 9.96. The highest BCUT2D eigenvalue weighted by Gasteiger charge is 2.59. The predicted octanol–water partition coefficient (Wildman–Crippen LogP) is 6.65. The fourth-order valence-electron chi connectivity index (χ4n) is 7.19. The molecule has 3 heterocycles. The Morgan fingerprint density at radius 1 is 0.576 bits per heavy atom. The van der Waals surface area contributed by atoms with E-state index in [1.807, 2.05) is 13.8 Å². The van der Waals surface area contributed by atoms with E-state index in [0.717, 1.165) is 5.75 Å². The van der Waals surface area contributed by atoms with Crippen LogP contribution in [0.5, 0.6) is 0 Å². The maximum absolute atomic E-state index is 14.0. The molecular formula is C45H46O13S. The third-order valence-electron chi connectivity index (χ3n) is 9.93. The van der Waals surface area contributed by atoms with Gasteiger partial charge >= 0.3 is 23.9 Å². The Bertz CT molecular complexity index is 2030. The quantitative estimate of drug-likeness (QED) is 0.105. The van der Waals surface area contributed by atoms with Crippen molar-refractivity contribution in [1.82, 2.24) is 0 Å². The van der Waals surface area contributed by atoms with Crippen molar-refractivity contribution >= 4 is 35.6 Å². The Morgan fingerprint density at radius 3 is 1.51 bits per heavy atom. The first-order chi connectivity index (χ1) is 28.5. The maximum Gasteiger partial charge on any atom is 0.338 e. The van der Waals surface area contributed by atoms with Gasteiger partial charge in [0.05, 0.1) is 28.4 Å². The number of fused-ring (bicyclic) bond motifs is 1. The minimum atomic E-state index is -1.58. The predicted molar refractivity (Wildman–Crippen MR) is 213 cm³/mol. The molecule has 310 valence electrons. The summed E-state index contributed by atoms with van der Waals surface area (Å²) in [5, 5.41) is 0. The van der Waals surface area contributed by atoms with Gasteiger partial charge in [0.15, 0.2) is 30.4 Å². The smallest absolute Gasteiger partial charge is 0.338 e. The average Bonchev–Trinajstić information content (AvgIpc) is 3.59. The highest BCUT2D eigenvalue weighted by Crippen LogP contribution is 2.43. The lowest BCUT2D eigenvalue weighted by Gasteiger charge is -2.47. The van der Waals surface area contributed by atoms with E-state index >= 15 is 0 Å². The Kier molecular flexibility index (Phi) is 13.5. The average molecular weight is 827 g/mol. The third kappa shape index (κ3) is 10.0. The Morgan fingerprint density at radius 2 is 1.02 bits per heavy atom. The normalized spacial score (nSPS) is 28.4. The molecule has 3 aliphatic heterocycles. The van der Waals surface area contributed by atoms with Crippen molar-refractivity contribution in [3.8, 4) is 0 Å². The number of hydrogen-bond donors (Lipinski definition) is 0. The molecule has 4 aromatic rings. The minimum absolute atomic E-state index is 0.167. The number of rotatable bonds is 13. The molecule has 0 saturated carbocycles. The van der Waals surface area contributed by atoms with Gasteiger partial charge in [0.1, 0.15) is 36.5 Å². The van der Waals surface area contributed by atoms with Gasteiger partial charge in [0, 0.05) is 0 Å². The lowest BCUT2D eigenvalue weighted by molar-refractivity contribution is -0.329. The zero-order valence-electron chi connectivity index (χ0n) is 33.0. The van der Waals surface area contributed by atoms with Crippen LogP contribution in [0.1, 0.15) is 69.1 Å². The van der Waals surface area contributed by atoms with Crippen molar-refractivity contribution in [1.29, 1.82) is 0 Å². The molecule has 7 rings (SSSR count). The third-order valence-corrected chi connectivity index (χ3v) is 11.0. The summed E-state index contributed by atoms with van der Waals surface area (Å²) in [7, 11) is 0. The summed E-state index contributed by atoms with van der Waals surface area (Å²) in [5.41, 5.74) is 0.401. The molecule has 0 bridgehead atoms. The molecule has 0 unspecified atom stereocenters. The topological polar surface area (TPSA) is 151 Å². The number of ether oxygens (including phenoxy) is 9. The van der Waals surface area contributed by atoms with Crippen molar-refractivity contribution in [2.45, 2.75) is 94.0 Å². The number of carbonyl (C=O) groups excluding carboxylic acids is 4. The standard InChI is InChI=1S/C45H46O13S/c1-5-59-44-38-36(57-45(3,4)58-38)33(27(2)51-44)56-43-37(55-42(49)31-24-16-9-17-25-31)35(54-41(48)30-22-14-8-15-23-30)34(53-40(47)29-20-12-7-13-21-29)32(52-43)26-50-39(46)28-18-10-6-11-19-28/h6-25,27,32-38,43-44H,5,26H2,1-4H3/t27-,32+,33-,34+,35-,36+,37+,38+,43-,44-/m0/s1. The van der Waals surface area contributed by atoms with Gasteiger partial charge < -0.3 is 42.6 Å². The largest absolute Gasteiger partial charge is 0.459 e. The maximum atomic E-state index is 14.0. The molecule has 0 aliphatic carbocycles. The lowest BCUT2D eigenvalue weighted by Crippen LogP contribution is -2.65. The van der Waals surface area contributed by atoms with E-state index in [4.69, 9.17) is 42.6 Å². The van der Waals surface area contributed by atoms with Gasteiger partial charge in [-0.3, -0.25) is 0 Å². The van der Waals surface area contributed by atoms with Crippen LogP contribution in [0.4, 0.5) is 0 Å². The number of benzene rings is 4. The molecule has 59 heavy (non-hydrogen) atoms. The van der Waals surface area contributed by atoms with E-state index in [-0.39, 0.29) is 27.7 Å². The van der Waals surface area contributed by atoms with E-state index in [2.05, 4.69) is 0 Å². The van der Waals surface area contributed by atoms with Gasteiger partial charge in [-0.1, -0.05) is 79.7 Å². The number of esters is 4. The second kappa shape index (κ2) is 18.9. The molecule has 0 aromatic heterocycles. The first-order valence-electron chi connectivity index (χ1n) is 19.4. The molecular weight excluding hydrogens is 781 g/mol. The SMILES string of the molecule is CCS[C@@H]1O[C@@H](C)[C@H](O[C@@H]2O[C@H](COC(=O)c3ccccc3)[C@@H](OC(=O)c3ccccc3)[C@H](OC(=O)c3ccccc3)[C@H]2OC(=O)c2ccccc2)[C@H]2OC(C)(C)O[C@H]21. The summed E-state index contributed by atoms with van der Waals surface area (Å²) >= 11 is 1.57. The van der Waals surface area contributed by atoms with Crippen molar-refractivity contribution < 1.29 is 61.8 Å². The van der Waals surface area contributed by atoms with Crippen LogP contribution in [0, 0.1) is 0 Å². The minimum Gasteiger partial charge on any atom is -0.459 e. The number of carbonyl (C=O) groups is 4. The van der Waals surface area contributed by atoms with E-state index < -0.39 is 91.4 Å². The van der Waals surface area contributed by atoms with Crippen LogP contribution in [0.25, 0.3) is 0 Å². The molecule has 3 fully saturated rings. The fraction of sp³-hybridized carbons (Fsp3) is 0.378. The molecule has 0 amide bonds. The second-order valence-corrected chi connectivity index (χ2v) is 15.9. The Labute approximate surface area is 346 Å². The molecule has 0 N–H and O–H groups in total. The summed E-state index contributed by atoms with van der Waals surface area (Å²) < 4.78 is 57.0. The molecule has 0 radical (unpaired) electrons. The molecule has 13 nitrogen and oxygen atoms in total. The molecule has 3 aliphatic rings.